The molecule has 0 radical (unpaired) electrons. The summed E-state index contributed by atoms with van der Waals surface area (Å²) in [4.78, 5) is 51.1. The Labute approximate surface area is 170 Å². The summed E-state index contributed by atoms with van der Waals surface area (Å²) in [5.41, 5.74) is -1.66. The predicted octanol–water partition coefficient (Wildman–Crippen LogP) is 2.91. The summed E-state index contributed by atoms with van der Waals surface area (Å²) >= 11 is 0.678. The van der Waals surface area contributed by atoms with Gasteiger partial charge in [0.2, 0.25) is 5.91 Å². The van der Waals surface area contributed by atoms with Crippen LogP contribution in [0.1, 0.15) is 49.0 Å². The van der Waals surface area contributed by atoms with Crippen molar-refractivity contribution in [2.45, 2.75) is 38.6 Å². The zero-order valence-electron chi connectivity index (χ0n) is 15.8. The van der Waals surface area contributed by atoms with Crippen LogP contribution in [0, 0.1) is 10.1 Å². The highest BCUT2D eigenvalue weighted by Gasteiger charge is 2.42. The number of carboxylic acid groups (broad SMARTS) is 1. The monoisotopic (exact) mass is 420 g/mol. The summed E-state index contributed by atoms with van der Waals surface area (Å²) in [5.74, 6) is -2.43. The number of carbonyl (C=O) groups excluding carboxylic acids is 2. The summed E-state index contributed by atoms with van der Waals surface area (Å²) in [7, 11) is 0. The van der Waals surface area contributed by atoms with Gasteiger partial charge >= 0.3 is 11.0 Å². The summed E-state index contributed by atoms with van der Waals surface area (Å²) in [6.07, 6.45) is 1.71. The molecule has 1 aromatic carbocycles. The summed E-state index contributed by atoms with van der Waals surface area (Å²) in [5, 5.41) is 25.5. The molecule has 1 unspecified atom stereocenters. The highest BCUT2D eigenvalue weighted by atomic mass is 32.1. The molecule has 3 N–H and O–H groups in total. The predicted molar refractivity (Wildman–Crippen MR) is 106 cm³/mol. The molecule has 1 heterocycles. The fourth-order valence-corrected chi connectivity index (χ4v) is 3.45. The number of hydrogen-bond donors (Lipinski definition) is 3. The Balaban J connectivity index is 2.44. The zero-order valence-corrected chi connectivity index (χ0v) is 16.6. The molecule has 154 valence electrons. The maximum atomic E-state index is 12.8. The summed E-state index contributed by atoms with van der Waals surface area (Å²) in [6, 6.07) is 6.01. The lowest BCUT2D eigenvalue weighted by Crippen LogP contribution is -2.52. The first-order valence-corrected chi connectivity index (χ1v) is 9.62. The number of aromatic nitrogens is 1. The first-order valence-electron chi connectivity index (χ1n) is 8.80. The molecule has 0 aliphatic heterocycles. The van der Waals surface area contributed by atoms with E-state index in [1.807, 2.05) is 0 Å². The number of nitro groups is 1. The van der Waals surface area contributed by atoms with E-state index in [4.69, 9.17) is 0 Å². The number of anilines is 1. The van der Waals surface area contributed by atoms with Gasteiger partial charge in [-0.2, -0.15) is 0 Å². The van der Waals surface area contributed by atoms with Crippen LogP contribution in [0.3, 0.4) is 0 Å². The summed E-state index contributed by atoms with van der Waals surface area (Å²) in [6.45, 7) is 3.39. The largest absolute Gasteiger partial charge is 0.479 e. The van der Waals surface area contributed by atoms with Gasteiger partial charge in [-0.3, -0.25) is 25.0 Å². The van der Waals surface area contributed by atoms with Gasteiger partial charge in [-0.1, -0.05) is 32.0 Å². The highest BCUT2D eigenvalue weighted by molar-refractivity contribution is 7.18. The SMILES string of the molecule is CCCC(=O)NC(CC)(C(=O)O)c1ccccc1C(=O)Nc1ncc([N+](=O)[O-])s1. The van der Waals surface area contributed by atoms with Crippen molar-refractivity contribution < 1.29 is 24.4 Å². The molecule has 0 aliphatic rings. The number of nitrogens with zero attached hydrogens (tertiary/aromatic N) is 2. The number of hydrogen-bond acceptors (Lipinski definition) is 7. The van der Waals surface area contributed by atoms with E-state index in [9.17, 15) is 29.6 Å². The van der Waals surface area contributed by atoms with Crippen LogP contribution in [0.15, 0.2) is 30.5 Å². The van der Waals surface area contributed by atoms with Gasteiger partial charge in [0.15, 0.2) is 10.7 Å². The molecule has 2 rings (SSSR count). The van der Waals surface area contributed by atoms with E-state index >= 15 is 0 Å². The molecule has 0 aliphatic carbocycles. The van der Waals surface area contributed by atoms with Crippen LogP contribution in [0.25, 0.3) is 0 Å². The number of carbonyl (C=O) groups is 3. The average molecular weight is 420 g/mol. The number of carboxylic acids is 1. The normalized spacial score (nSPS) is 12.6. The third-order valence-corrected chi connectivity index (χ3v) is 5.12. The van der Waals surface area contributed by atoms with Gasteiger partial charge in [-0.15, -0.1) is 0 Å². The third-order valence-electron chi connectivity index (χ3n) is 4.25. The second-order valence-corrected chi connectivity index (χ2v) is 7.13. The van der Waals surface area contributed by atoms with Crippen molar-refractivity contribution in [2.24, 2.45) is 0 Å². The minimum Gasteiger partial charge on any atom is -0.479 e. The second kappa shape index (κ2) is 9.24. The van der Waals surface area contributed by atoms with E-state index in [0.29, 0.717) is 17.8 Å². The second-order valence-electron chi connectivity index (χ2n) is 6.12. The van der Waals surface area contributed by atoms with Crippen LogP contribution in [0.2, 0.25) is 0 Å². The molecular weight excluding hydrogens is 400 g/mol. The van der Waals surface area contributed by atoms with Crippen LogP contribution in [0.5, 0.6) is 0 Å². The van der Waals surface area contributed by atoms with E-state index in [1.165, 1.54) is 12.1 Å². The molecule has 2 amide bonds. The third kappa shape index (κ3) is 4.74. The van der Waals surface area contributed by atoms with Crippen molar-refractivity contribution in [3.8, 4) is 0 Å². The van der Waals surface area contributed by atoms with E-state index in [2.05, 4.69) is 15.6 Å². The molecule has 0 bridgehead atoms. The van der Waals surface area contributed by atoms with Crippen molar-refractivity contribution in [1.82, 2.24) is 10.3 Å². The molecule has 1 atom stereocenters. The average Bonchev–Trinajstić information content (AvgIpc) is 3.15. The van der Waals surface area contributed by atoms with Crippen molar-refractivity contribution in [3.05, 3.63) is 51.7 Å². The summed E-state index contributed by atoms with van der Waals surface area (Å²) < 4.78 is 0. The number of thiazole rings is 1. The number of aliphatic carboxylic acids is 1. The molecule has 0 saturated heterocycles. The molecule has 0 spiro atoms. The fraction of sp³-hybridized carbons (Fsp3) is 0.333. The van der Waals surface area contributed by atoms with Gasteiger partial charge in [0.05, 0.1) is 4.92 Å². The van der Waals surface area contributed by atoms with E-state index in [1.54, 1.807) is 26.0 Å². The van der Waals surface area contributed by atoms with Crippen LogP contribution < -0.4 is 10.6 Å². The first-order chi connectivity index (χ1) is 13.7. The maximum absolute atomic E-state index is 12.8. The smallest absolute Gasteiger partial charge is 0.345 e. The Bertz CT molecular complexity index is 944. The number of amides is 2. The molecule has 2 aromatic rings. The van der Waals surface area contributed by atoms with Crippen molar-refractivity contribution >= 4 is 39.3 Å². The van der Waals surface area contributed by atoms with Crippen LogP contribution in [0.4, 0.5) is 10.1 Å². The van der Waals surface area contributed by atoms with Gasteiger partial charge in [-0.05, 0) is 30.2 Å². The van der Waals surface area contributed by atoms with Crippen molar-refractivity contribution in [3.63, 3.8) is 0 Å². The topological polar surface area (TPSA) is 152 Å². The van der Waals surface area contributed by atoms with Gasteiger partial charge in [-0.25, -0.2) is 9.78 Å². The molecule has 10 nitrogen and oxygen atoms in total. The van der Waals surface area contributed by atoms with Crippen LogP contribution in [-0.4, -0.2) is 32.8 Å². The standard InChI is InChI=1S/C18H20N4O6S/c1-3-7-13(23)21-18(4-2,16(25)26)12-9-6-5-8-11(12)15(24)20-17-19-10-14(29-17)22(27)28/h5-6,8-10H,3-4,7H2,1-2H3,(H,21,23)(H,25,26)(H,19,20,24). The van der Waals surface area contributed by atoms with Gasteiger partial charge in [0.25, 0.3) is 5.91 Å². The lowest BCUT2D eigenvalue weighted by molar-refractivity contribution is -0.380. The maximum Gasteiger partial charge on any atom is 0.345 e. The van der Waals surface area contributed by atoms with E-state index in [0.717, 1.165) is 6.20 Å². The molecule has 0 saturated carbocycles. The Hall–Kier alpha value is -3.34. The van der Waals surface area contributed by atoms with Crippen molar-refractivity contribution in [2.75, 3.05) is 5.32 Å². The lowest BCUT2D eigenvalue weighted by atomic mass is 9.83. The number of nitrogens with one attached hydrogen (secondary N) is 2. The molecule has 1 aromatic heterocycles. The van der Waals surface area contributed by atoms with E-state index < -0.39 is 28.2 Å². The molecule has 0 fully saturated rings. The molecule has 11 heteroatoms. The Morgan fingerprint density at radius 2 is 1.97 bits per heavy atom. The molecule has 29 heavy (non-hydrogen) atoms. The van der Waals surface area contributed by atoms with Gasteiger partial charge in [0.1, 0.15) is 6.20 Å². The lowest BCUT2D eigenvalue weighted by Gasteiger charge is -2.31. The van der Waals surface area contributed by atoms with Gasteiger partial charge in [0, 0.05) is 17.5 Å². The minimum absolute atomic E-state index is 0.00365. The zero-order chi connectivity index (χ0) is 21.6. The number of rotatable bonds is 9. The number of benzene rings is 1. The van der Waals surface area contributed by atoms with Crippen molar-refractivity contribution in [1.29, 1.82) is 0 Å². The Morgan fingerprint density at radius 3 is 2.52 bits per heavy atom. The highest BCUT2D eigenvalue weighted by Crippen LogP contribution is 2.31. The Kier molecular flexibility index (Phi) is 6.99. The van der Waals surface area contributed by atoms with Crippen LogP contribution >= 0.6 is 11.3 Å². The minimum atomic E-state index is -1.80. The fourth-order valence-electron chi connectivity index (χ4n) is 2.82. The quantitative estimate of drug-likeness (QED) is 0.416. The Morgan fingerprint density at radius 1 is 1.28 bits per heavy atom. The van der Waals surface area contributed by atoms with E-state index in [-0.39, 0.29) is 34.1 Å². The van der Waals surface area contributed by atoms with Crippen LogP contribution in [-0.2, 0) is 15.1 Å². The first kappa shape index (κ1) is 22.0. The van der Waals surface area contributed by atoms with Gasteiger partial charge < -0.3 is 10.4 Å². The molecular formula is C18H20N4O6S.